The molecule has 0 fully saturated rings. The molecule has 4 atom stereocenters. The molecule has 0 saturated heterocycles. The summed E-state index contributed by atoms with van der Waals surface area (Å²) < 4.78 is 0. The zero-order valence-corrected chi connectivity index (χ0v) is 74.9. The quantitative estimate of drug-likeness (QED) is 0.0158. The van der Waals surface area contributed by atoms with Gasteiger partial charge in [-0.25, -0.2) is 0 Å². The van der Waals surface area contributed by atoms with E-state index in [4.69, 9.17) is 46.0 Å². The number of benzene rings is 12. The van der Waals surface area contributed by atoms with Crippen molar-refractivity contribution in [1.82, 2.24) is 20.4 Å². The summed E-state index contributed by atoms with van der Waals surface area (Å²) in [5.41, 5.74) is 64.0. The van der Waals surface area contributed by atoms with E-state index in [-0.39, 0.29) is 145 Å². The maximum absolute atomic E-state index is 13.9. The number of hydrogen-bond donors (Lipinski definition) is 18. The fourth-order valence-electron chi connectivity index (χ4n) is 21.4. The maximum atomic E-state index is 13.9. The number of phenolic OH excluding ortho intramolecular Hbond substituents is 16. The van der Waals surface area contributed by atoms with E-state index in [2.05, 4.69) is 70.8 Å². The zero-order chi connectivity index (χ0) is 102. The molecule has 12 aromatic carbocycles. The van der Waals surface area contributed by atoms with Crippen LogP contribution in [0, 0.1) is 24.7 Å². The van der Waals surface area contributed by atoms with E-state index in [0.29, 0.717) is 113 Å². The Hall–Kier alpha value is -20.2. The Kier molecular flexibility index (Phi) is 25.0. The number of aromatic hydroxyl groups is 16. The first kappa shape index (κ1) is 95.5. The van der Waals surface area contributed by atoms with Crippen molar-refractivity contribution in [1.29, 1.82) is 0 Å². The van der Waals surface area contributed by atoms with Gasteiger partial charge in [0.2, 0.25) is 0 Å². The molecule has 42 nitrogen and oxygen atoms in total. The minimum atomic E-state index is -1.22. The molecule has 18 N–H and O–H groups in total. The molecule has 12 aromatic rings. The highest BCUT2D eigenvalue weighted by atomic mass is 16.3. The van der Waals surface area contributed by atoms with Gasteiger partial charge in [-0.2, -0.15) is 0 Å². The SMILES string of the molecule is C#CC(=O)NC1CC2(CC(NC(=O)C#C)c3cc(O)c(O)cc32)c2cc(O)c(O)cc21.[N-]=[N+]=NCC1CC2(CC(CN=[N+]=[N-])c3cc(O)c(O)cc32)c2cc(O)c(O)cc21.[N-]=[N+]=Nc1ccc(C(=O)N2Cc3cc(O)c(O)cc3C3(C2)CN(C(=O)c2ccc(N=[N+]=[N-])cc2)Cc2cc(O)c(O)cc23)cc1.[N-]=[N+]=Nc1ccc(C2=CC3(C=C(c4ccc(N=[N+]=[N-])cc4)c4cc(O)c(O)cc43)c3cc(O)c(O)cc32)cc1. The van der Waals surface area contributed by atoms with Gasteiger partial charge in [-0.1, -0.05) is 116 Å². The monoisotopic (exact) mass is 1930 g/mol. The van der Waals surface area contributed by atoms with E-state index in [9.17, 15) is 101 Å². The van der Waals surface area contributed by atoms with Crippen LogP contribution in [0.15, 0.2) is 237 Å². The van der Waals surface area contributed by atoms with Gasteiger partial charge in [0.15, 0.2) is 92.0 Å². The van der Waals surface area contributed by atoms with Gasteiger partial charge < -0.3 is 102 Å². The molecule has 2 aliphatic heterocycles. The number of phenols is 16. The Morgan fingerprint density at radius 2 is 0.604 bits per heavy atom. The van der Waals surface area contributed by atoms with Crippen LogP contribution >= 0.6 is 0 Å². The summed E-state index contributed by atoms with van der Waals surface area (Å²) in [5.74, 6) is -3.74. The van der Waals surface area contributed by atoms with Gasteiger partial charge in [-0.05, 0) is 315 Å². The van der Waals surface area contributed by atoms with Crippen molar-refractivity contribution in [3.63, 3.8) is 0 Å². The highest BCUT2D eigenvalue weighted by Crippen LogP contribution is 2.65. The molecule has 4 unspecified atom stereocenters. The molecule has 4 amide bonds. The number of azide groups is 6. The molecule has 716 valence electrons. The molecule has 4 spiro atoms. The summed E-state index contributed by atoms with van der Waals surface area (Å²) in [6, 6.07) is 47.8. The highest BCUT2D eigenvalue weighted by Gasteiger charge is 2.56. The summed E-state index contributed by atoms with van der Waals surface area (Å²) in [5, 5.41) is 192. The average molecular weight is 1930 g/mol. The van der Waals surface area contributed by atoms with Crippen molar-refractivity contribution in [3.8, 4) is 117 Å². The largest absolute Gasteiger partial charge is 0.504 e. The molecule has 0 radical (unpaired) electrons. The van der Waals surface area contributed by atoms with E-state index in [1.165, 1.54) is 155 Å². The Balaban J connectivity index is 0.000000134. The fourth-order valence-corrected chi connectivity index (χ4v) is 21.4. The number of carbonyl (C=O) groups excluding carboxylic acids is 4. The van der Waals surface area contributed by atoms with Gasteiger partial charge in [-0.3, -0.25) is 19.2 Å². The molecule has 144 heavy (non-hydrogen) atoms. The van der Waals surface area contributed by atoms with Crippen LogP contribution in [0.1, 0.15) is 170 Å². The second kappa shape index (κ2) is 37.7. The summed E-state index contributed by atoms with van der Waals surface area (Å²) >= 11 is 0. The third kappa shape index (κ3) is 16.9. The first-order valence-corrected chi connectivity index (χ1v) is 43.8. The second-order valence-corrected chi connectivity index (χ2v) is 35.4. The zero-order valence-electron chi connectivity index (χ0n) is 74.9. The highest BCUT2D eigenvalue weighted by molar-refractivity contribution is 6.00. The van der Waals surface area contributed by atoms with Crippen molar-refractivity contribution in [3.05, 3.63) is 380 Å². The Morgan fingerprint density at radius 3 is 0.917 bits per heavy atom. The lowest BCUT2D eigenvalue weighted by Gasteiger charge is -2.50. The number of hydrogen-bond acceptors (Lipinski definition) is 26. The standard InChI is InChI=1S/C31H24N8O6.C29H18N6O4.C23H18N2O6.C19H18N6O4/c32-36-34-21-5-1-17(2-6-21)29(44)38-13-19-9-25(40)27(42)11-23(19)31(15-38)16-39(14-20-10-26(41)28(43)12-24(20)31)30(45)18-3-7-22(8-4-18)35-37-33;30-34-32-17-5-1-15(2-6-17)21-13-29(23-11-27(38)25(36)9-19(21)23)14-22(16-3-7-18(8-4-16)33-35-31)20-10-26(37)28(39)12-24(20)29;1-3-21(30)24-15-9-23(13-7-19(28)17(26)5-11(13)15)10-16(25-22(31)4-2)12-6-18(27)20(29)8-14(12)23;20-24-22-7-9-5-19(13-3-17(28)15(26)1-11(9)13)6-10(8-23-25-21)12-2-16(27)18(29)4-14(12)19/h1-12,40-43H,13-16H2;1-14,36-39H;1-2,5-8,15-16,26-29H,9-10H2,(H,24,30)(H,25,31);1-4,9-10,26-29H,5-8H2. The van der Waals surface area contributed by atoms with E-state index < -0.39 is 68.6 Å². The minimum absolute atomic E-state index is 0.00202. The third-order valence-electron chi connectivity index (χ3n) is 27.5. The number of amides is 4. The fraction of sp³-hybridized carbons (Fsp3) is 0.176. The molecule has 8 aliphatic rings. The van der Waals surface area contributed by atoms with Crippen LogP contribution in [-0.2, 0) is 44.3 Å². The summed E-state index contributed by atoms with van der Waals surface area (Å²) in [4.78, 5) is 71.6. The smallest absolute Gasteiger partial charge is 0.296 e. The Morgan fingerprint density at radius 1 is 0.333 bits per heavy atom. The normalized spacial score (nSPS) is 19.4. The number of allylic oxidation sites excluding steroid dienone is 2. The number of fused-ring (bicyclic) bond motifs is 16. The van der Waals surface area contributed by atoms with E-state index in [1.807, 2.05) is 24.0 Å². The topological polar surface area (TPSA) is 715 Å². The van der Waals surface area contributed by atoms with E-state index >= 15 is 0 Å². The van der Waals surface area contributed by atoms with Crippen molar-refractivity contribution in [2.75, 3.05) is 26.2 Å². The van der Waals surface area contributed by atoms with Gasteiger partial charge in [0, 0.05) is 113 Å². The molecule has 0 aromatic heterocycles. The number of rotatable bonds is 14. The van der Waals surface area contributed by atoms with Gasteiger partial charge >= 0.3 is 0 Å². The number of nitrogens with zero attached hydrogens (tertiary/aromatic N) is 20. The van der Waals surface area contributed by atoms with Crippen LogP contribution in [-0.4, -0.2) is 141 Å². The van der Waals surface area contributed by atoms with E-state index in [0.717, 1.165) is 44.5 Å². The molecular weight excluding hydrogens is 1850 g/mol. The Bertz CT molecular complexity index is 7500. The molecule has 0 saturated carbocycles. The molecule has 0 bridgehead atoms. The molecular formula is C102H78N22O20. The van der Waals surface area contributed by atoms with Crippen molar-refractivity contribution >= 4 is 57.5 Å². The van der Waals surface area contributed by atoms with Crippen LogP contribution in [0.5, 0.6) is 92.0 Å². The number of carbonyl (C=O) groups is 4. The molecule has 42 heteroatoms. The first-order valence-electron chi connectivity index (χ1n) is 43.8. The third-order valence-corrected chi connectivity index (χ3v) is 27.5. The van der Waals surface area contributed by atoms with Crippen LogP contribution in [0.25, 0.3) is 73.8 Å². The van der Waals surface area contributed by atoms with Crippen LogP contribution in [0.3, 0.4) is 0 Å². The van der Waals surface area contributed by atoms with Crippen molar-refractivity contribution in [2.24, 2.45) is 30.7 Å². The van der Waals surface area contributed by atoms with Gasteiger partial charge in [0.1, 0.15) is 0 Å². The van der Waals surface area contributed by atoms with Gasteiger partial charge in [0.05, 0.1) is 22.9 Å². The predicted molar refractivity (Wildman–Crippen MR) is 517 cm³/mol. The van der Waals surface area contributed by atoms with Crippen LogP contribution < -0.4 is 10.6 Å². The minimum Gasteiger partial charge on any atom is -0.504 e. The van der Waals surface area contributed by atoms with Gasteiger partial charge in [-0.15, -0.1) is 12.8 Å². The maximum Gasteiger partial charge on any atom is 0.296 e. The number of nitrogens with one attached hydrogen (secondary N) is 2. The molecule has 20 rings (SSSR count). The molecule has 6 aliphatic carbocycles. The first-order chi connectivity index (χ1) is 69.1. The molecule has 2 heterocycles. The second-order valence-electron chi connectivity index (χ2n) is 35.4. The lowest BCUT2D eigenvalue weighted by molar-refractivity contribution is -0.117. The average Bonchev–Trinajstić information content (AvgIpc) is 1.49. The van der Waals surface area contributed by atoms with Crippen LogP contribution in [0.2, 0.25) is 0 Å². The summed E-state index contributed by atoms with van der Waals surface area (Å²) in [7, 11) is 0. The van der Waals surface area contributed by atoms with E-state index in [1.54, 1.807) is 48.5 Å². The van der Waals surface area contributed by atoms with Gasteiger partial charge in [0.25, 0.3) is 23.6 Å². The summed E-state index contributed by atoms with van der Waals surface area (Å²) in [6.07, 6.45) is 16.0. The van der Waals surface area contributed by atoms with Crippen molar-refractivity contribution < 1.29 is 101 Å². The lowest BCUT2D eigenvalue weighted by Crippen LogP contribution is -2.57. The lowest BCUT2D eigenvalue weighted by atomic mass is 9.66. The predicted octanol–water partition coefficient (Wildman–Crippen LogP) is 19.1. The van der Waals surface area contributed by atoms with Crippen molar-refractivity contribution in [2.45, 2.75) is 84.4 Å². The summed E-state index contributed by atoms with van der Waals surface area (Å²) in [6.45, 7) is 0.452. The number of terminal acetylenes is 2. The van der Waals surface area contributed by atoms with Crippen LogP contribution in [0.4, 0.5) is 22.7 Å². The Labute approximate surface area is 812 Å².